The molecule has 0 saturated carbocycles. The average molecular weight is 1220 g/mol. The number of nitrogens with zero attached hydrogens (tertiary/aromatic N) is 3. The topological polar surface area (TPSA) is 689 Å². The number of rotatable bonds is 21. The van der Waals surface area contributed by atoms with Gasteiger partial charge in [0, 0.05) is 55.8 Å². The van der Waals surface area contributed by atoms with Crippen LogP contribution in [-0.4, -0.2) is 167 Å². The summed E-state index contributed by atoms with van der Waals surface area (Å²) < 4.78 is 0. The van der Waals surface area contributed by atoms with Gasteiger partial charge in [-0.2, -0.15) is 0 Å². The van der Waals surface area contributed by atoms with Crippen LogP contribution in [0.2, 0.25) is 0 Å². The number of aliphatic hydroxyl groups excluding tert-OH is 3. The molecule has 3 aromatic heterocycles. The molecule has 36 nitrogen and oxygen atoms in total. The van der Waals surface area contributed by atoms with Crippen molar-refractivity contribution in [1.82, 2.24) is 29.9 Å². The van der Waals surface area contributed by atoms with Crippen LogP contribution >= 0.6 is 0 Å². The van der Waals surface area contributed by atoms with Gasteiger partial charge in [0.15, 0.2) is 0 Å². The Balaban J connectivity index is -0.000000257. The molecule has 396 valence electrons. The van der Waals surface area contributed by atoms with Gasteiger partial charge in [0.05, 0.1) is 89.8 Å². The van der Waals surface area contributed by atoms with E-state index in [0.717, 1.165) is 18.2 Å². The van der Waals surface area contributed by atoms with Crippen molar-refractivity contribution in [3.8, 4) is 0 Å². The van der Waals surface area contributed by atoms with Crippen molar-refractivity contribution < 1.29 is 192 Å². The third kappa shape index (κ3) is 30.4. The molecule has 38 heteroatoms. The van der Waals surface area contributed by atoms with Crippen molar-refractivity contribution in [3.05, 3.63) is 72.9 Å². The van der Waals surface area contributed by atoms with Crippen molar-refractivity contribution in [2.24, 2.45) is 0 Å². The first-order valence-electron chi connectivity index (χ1n) is 17.7. The summed E-state index contributed by atoms with van der Waals surface area (Å²) in [5.41, 5.74) is -8.66. The van der Waals surface area contributed by atoms with E-state index in [9.17, 15) is 119 Å². The second kappa shape index (κ2) is 36.5. The van der Waals surface area contributed by atoms with E-state index in [-0.39, 0.29) is 42.1 Å². The van der Waals surface area contributed by atoms with E-state index < -0.39 is 126 Å². The number of nitrogens with one attached hydrogen (secondary N) is 3. The van der Waals surface area contributed by atoms with Crippen LogP contribution in [0.4, 0.5) is 0 Å². The van der Waals surface area contributed by atoms with E-state index in [1.165, 1.54) is 37.2 Å². The minimum absolute atomic E-state index is 0. The number of H-pyrrole nitrogens is 3. The maximum atomic E-state index is 10.2. The number of aromatic amines is 3. The zero-order valence-corrected chi connectivity index (χ0v) is 39.9. The Morgan fingerprint density at radius 3 is 0.716 bits per heavy atom. The van der Waals surface area contributed by atoms with E-state index in [1.807, 2.05) is 0 Å². The molecule has 0 radical (unpaired) electrons. The molecule has 9 N–H and O–H groups in total. The van der Waals surface area contributed by atoms with Gasteiger partial charge in [0.2, 0.25) is 0 Å². The second-order valence-electron chi connectivity index (χ2n) is 12.4. The Kier molecular flexibility index (Phi) is 36.8. The van der Waals surface area contributed by atoms with Gasteiger partial charge in [-0.1, -0.05) is 0 Å². The number of hydrogen-bond donors (Lipinski definition) is 9. The first-order chi connectivity index (χ1) is 33.0. The van der Waals surface area contributed by atoms with Crippen LogP contribution in [0.15, 0.2) is 55.8 Å². The maximum Gasteiger partial charge on any atom is 6.00 e. The van der Waals surface area contributed by atoms with Crippen molar-refractivity contribution in [2.45, 2.75) is 54.4 Å². The first-order valence-corrected chi connectivity index (χ1v) is 17.7. The largest absolute Gasteiger partial charge is 6.00 e. The molecule has 0 fully saturated rings. The SMILES string of the molecule is O=C([O-])C=Cc1c[nH]cn1.O=C([O-])C=Cc1c[nH]cn1.O=C([O-])C=Cc1c[nH]cn1.O=C([O-])CC(O)(C(=O)[O-])C(O)C(=O)[O-].O=C([O-])CC(O)(C(=O)[O-])C(O)C(=O)[O-].O=C([O-])CC(O)(C(=O)[O-])C(O)C(=O)[O-].[Mo+6].[Mo+6]. The molecule has 0 aliphatic rings. The summed E-state index contributed by atoms with van der Waals surface area (Å²) in [7, 11) is 0. The molecule has 0 aliphatic carbocycles. The standard InChI is InChI=1S/3C6H6N2O2.3C6H8O8.2Mo/c3*9-6(10)2-1-5-3-7-4-8-5;3*7-2(8)1-6(14,5(12)13)3(9)4(10)11;;/h3*1-4H,(H,7,8)(H,9,10);3*3,9,14H,1H2,(H,7,8)(H,10,11)(H,12,13);;/q;;;;;;2*+6/p-12. The molecule has 6 atom stereocenters. The molecule has 0 saturated heterocycles. The number of imidazole rings is 3. The van der Waals surface area contributed by atoms with Gasteiger partial charge < -0.3 is 164 Å². The number of aliphatic hydroxyl groups is 6. The van der Waals surface area contributed by atoms with Crippen molar-refractivity contribution in [2.75, 3.05) is 0 Å². The van der Waals surface area contributed by atoms with Gasteiger partial charge in [-0.25, -0.2) is 15.0 Å². The fourth-order valence-corrected chi connectivity index (χ4v) is 3.64. The second-order valence-corrected chi connectivity index (χ2v) is 12.4. The number of carboxylic acids is 12. The van der Waals surface area contributed by atoms with Gasteiger partial charge in [-0.05, 0) is 36.5 Å². The van der Waals surface area contributed by atoms with Crippen LogP contribution in [0.3, 0.4) is 0 Å². The molecule has 74 heavy (non-hydrogen) atoms. The van der Waals surface area contributed by atoms with Gasteiger partial charge in [-0.15, -0.1) is 0 Å². The van der Waals surface area contributed by atoms with Gasteiger partial charge in [0.1, 0.15) is 35.1 Å². The van der Waals surface area contributed by atoms with E-state index >= 15 is 0 Å². The molecule has 0 aliphatic heterocycles. The summed E-state index contributed by atoms with van der Waals surface area (Å²) in [4.78, 5) is 139. The van der Waals surface area contributed by atoms with Gasteiger partial charge in [0.25, 0.3) is 0 Å². The number of hydrogen-bond acceptors (Lipinski definition) is 33. The zero-order valence-electron chi connectivity index (χ0n) is 35.9. The summed E-state index contributed by atoms with van der Waals surface area (Å²) >= 11 is 0. The molecule has 0 spiro atoms. The van der Waals surface area contributed by atoms with Crippen LogP contribution in [0, 0.1) is 0 Å². The summed E-state index contributed by atoms with van der Waals surface area (Å²) in [5.74, 6) is -24.2. The summed E-state index contributed by atoms with van der Waals surface area (Å²) in [5, 5.41) is 173. The van der Waals surface area contributed by atoms with E-state index in [2.05, 4.69) is 29.9 Å². The minimum Gasteiger partial charge on any atom is -0.550 e. The van der Waals surface area contributed by atoms with Crippen LogP contribution in [0.5, 0.6) is 0 Å². The Morgan fingerprint density at radius 1 is 0.419 bits per heavy atom. The predicted molar refractivity (Wildman–Crippen MR) is 190 cm³/mol. The number of carboxylic acid groups (broad SMARTS) is 12. The summed E-state index contributed by atoms with van der Waals surface area (Å²) in [6, 6.07) is 0. The van der Waals surface area contributed by atoms with Crippen molar-refractivity contribution in [1.29, 1.82) is 0 Å². The predicted octanol–water partition coefficient (Wildman–Crippen LogP) is -21.3. The third-order valence-electron chi connectivity index (χ3n) is 7.06. The van der Waals surface area contributed by atoms with Crippen LogP contribution in [-0.2, 0) is 99.7 Å². The van der Waals surface area contributed by atoms with Crippen molar-refractivity contribution >= 4 is 89.9 Å². The molecule has 3 rings (SSSR count). The summed E-state index contributed by atoms with van der Waals surface area (Å²) in [6.45, 7) is 0. The molecule has 6 unspecified atom stereocenters. The average Bonchev–Trinajstić information content (AvgIpc) is 4.09. The maximum absolute atomic E-state index is 10.2. The molecular weight excluding hydrogens is 1190 g/mol. The van der Waals surface area contributed by atoms with Gasteiger partial charge in [-0.3, -0.25) is 0 Å². The third-order valence-corrected chi connectivity index (χ3v) is 7.06. The van der Waals surface area contributed by atoms with Crippen LogP contribution in [0.1, 0.15) is 36.3 Å². The first kappa shape index (κ1) is 74.6. The Morgan fingerprint density at radius 2 is 0.608 bits per heavy atom. The minimum atomic E-state index is -3.46. The number of aromatic nitrogens is 6. The number of carbonyl (C=O) groups is 12. The van der Waals surface area contributed by atoms with E-state index in [1.54, 1.807) is 18.6 Å². The molecule has 0 aromatic carbocycles. The van der Waals surface area contributed by atoms with Crippen LogP contribution in [0.25, 0.3) is 18.2 Å². The number of carbonyl (C=O) groups excluding carboxylic acids is 12. The van der Waals surface area contributed by atoms with Crippen molar-refractivity contribution in [3.63, 3.8) is 0 Å². The quantitative estimate of drug-likeness (QED) is 0.0353. The van der Waals surface area contributed by atoms with E-state index in [4.69, 9.17) is 30.6 Å². The normalized spacial score (nSPS) is 13.7. The molecule has 0 amide bonds. The Hall–Kier alpha value is -8.37. The fraction of sp³-hybridized carbons (Fsp3) is 0.250. The smallest absolute Gasteiger partial charge is 0.550 e. The summed E-state index contributed by atoms with van der Waals surface area (Å²) in [6.07, 6.45) is 2.39. The molecule has 3 heterocycles. The fourth-order valence-electron chi connectivity index (χ4n) is 3.64. The van der Waals surface area contributed by atoms with E-state index in [0.29, 0.717) is 17.1 Å². The molecule has 3 aromatic rings. The van der Waals surface area contributed by atoms with Gasteiger partial charge >= 0.3 is 42.1 Å². The zero-order chi connectivity index (χ0) is 56.7. The molecule has 0 bridgehead atoms. The monoisotopic (exact) mass is 1220 g/mol. The Labute approximate surface area is 437 Å². The number of aliphatic carboxylic acids is 12. The Bertz CT molecular complexity index is 2150. The molecular formula is C36H30Mo2N6O30. The van der Waals surface area contributed by atoms with Crippen LogP contribution < -0.4 is 61.3 Å².